The van der Waals surface area contributed by atoms with Gasteiger partial charge in [-0.25, -0.2) is 0 Å². The Kier molecular flexibility index (Phi) is 6.30. The fourth-order valence-electron chi connectivity index (χ4n) is 2.09. The molecule has 2 aromatic carbocycles. The highest BCUT2D eigenvalue weighted by Gasteiger charge is 2.24. The number of non-ortho nitro benzene ring substituents is 1. The Balaban J connectivity index is 1.98. The molecule has 126 valence electrons. The van der Waals surface area contributed by atoms with Crippen LogP contribution >= 0.6 is 0 Å². The first-order chi connectivity index (χ1) is 11.5. The first kappa shape index (κ1) is 17.9. The van der Waals surface area contributed by atoms with E-state index in [0.29, 0.717) is 5.56 Å². The Bertz CT molecular complexity index is 693. The van der Waals surface area contributed by atoms with Gasteiger partial charge >= 0.3 is 5.97 Å². The van der Waals surface area contributed by atoms with Gasteiger partial charge < -0.3 is 9.66 Å². The van der Waals surface area contributed by atoms with Gasteiger partial charge in [0.2, 0.25) is 0 Å². The molecule has 2 aromatic rings. The first-order valence-electron chi connectivity index (χ1n) is 7.10. The minimum Gasteiger partial charge on any atom is -0.598 e. The number of nitro groups is 1. The van der Waals surface area contributed by atoms with Crippen LogP contribution in [0.25, 0.3) is 0 Å². The maximum atomic E-state index is 12.1. The van der Waals surface area contributed by atoms with Gasteiger partial charge in [-0.2, -0.15) is 0 Å². The van der Waals surface area contributed by atoms with Gasteiger partial charge in [0.25, 0.3) is 5.69 Å². The highest BCUT2D eigenvalue weighted by Crippen LogP contribution is 2.14. The van der Waals surface area contributed by atoms with Crippen LogP contribution in [0.4, 0.5) is 5.69 Å². The van der Waals surface area contributed by atoms with Crippen LogP contribution < -0.4 is 4.72 Å². The first-order valence-corrected chi connectivity index (χ1v) is 8.42. The lowest BCUT2D eigenvalue weighted by Crippen LogP contribution is -2.42. The molecule has 0 spiro atoms. The van der Waals surface area contributed by atoms with E-state index in [1.165, 1.54) is 24.3 Å². The molecule has 2 atom stereocenters. The molecule has 0 saturated heterocycles. The van der Waals surface area contributed by atoms with Crippen molar-refractivity contribution in [2.75, 3.05) is 0 Å². The lowest BCUT2D eigenvalue weighted by molar-refractivity contribution is -0.384. The van der Waals surface area contributed by atoms with Crippen molar-refractivity contribution in [3.05, 3.63) is 75.8 Å². The summed E-state index contributed by atoms with van der Waals surface area (Å²) in [6.45, 7) is 0. The van der Waals surface area contributed by atoms with E-state index in [1.54, 1.807) is 0 Å². The third-order valence-electron chi connectivity index (χ3n) is 3.30. The maximum absolute atomic E-state index is 12.1. The molecule has 0 aliphatic carbocycles. The monoisotopic (exact) mass is 348 g/mol. The largest absolute Gasteiger partial charge is 0.598 e. The van der Waals surface area contributed by atoms with Gasteiger partial charge in [0.15, 0.2) is 11.8 Å². The van der Waals surface area contributed by atoms with Crippen LogP contribution in [0, 0.1) is 10.1 Å². The van der Waals surface area contributed by atoms with E-state index >= 15 is 0 Å². The third kappa shape index (κ3) is 5.34. The zero-order chi connectivity index (χ0) is 17.5. The zero-order valence-corrected chi connectivity index (χ0v) is 13.4. The number of carbonyl (C=O) groups is 1. The lowest BCUT2D eigenvalue weighted by Gasteiger charge is -2.17. The molecule has 0 bridgehead atoms. The minimum absolute atomic E-state index is 0.0637. The predicted molar refractivity (Wildman–Crippen MR) is 89.6 cm³/mol. The number of aliphatic carboxylic acids is 1. The smallest absolute Gasteiger partial charge is 0.325 e. The molecule has 0 heterocycles. The number of carboxylic acids is 1. The van der Waals surface area contributed by atoms with Gasteiger partial charge in [0.05, 0.1) is 4.92 Å². The molecule has 0 radical (unpaired) electrons. The summed E-state index contributed by atoms with van der Waals surface area (Å²) in [6, 6.07) is 13.7. The summed E-state index contributed by atoms with van der Waals surface area (Å²) in [5.41, 5.74) is 1.38. The van der Waals surface area contributed by atoms with Gasteiger partial charge in [-0.1, -0.05) is 42.5 Å². The van der Waals surface area contributed by atoms with Gasteiger partial charge in [0, 0.05) is 35.5 Å². The molecule has 2 rings (SSSR count). The predicted octanol–water partition coefficient (Wildman–Crippen LogP) is 2.04. The van der Waals surface area contributed by atoms with Gasteiger partial charge in [0.1, 0.15) is 0 Å². The number of carboxylic acid groups (broad SMARTS) is 1. The maximum Gasteiger partial charge on any atom is 0.325 e. The molecule has 8 heteroatoms. The van der Waals surface area contributed by atoms with E-state index in [9.17, 15) is 24.6 Å². The number of nitrogens with zero attached hydrogens (tertiary/aromatic N) is 1. The van der Waals surface area contributed by atoms with Crippen molar-refractivity contribution < 1.29 is 19.4 Å². The average molecular weight is 348 g/mol. The van der Waals surface area contributed by atoms with E-state index in [1.807, 2.05) is 30.3 Å². The Morgan fingerprint density at radius 2 is 1.75 bits per heavy atom. The zero-order valence-electron chi connectivity index (χ0n) is 12.6. The van der Waals surface area contributed by atoms with Gasteiger partial charge in [-0.3, -0.25) is 14.9 Å². The van der Waals surface area contributed by atoms with Crippen molar-refractivity contribution in [1.29, 1.82) is 0 Å². The van der Waals surface area contributed by atoms with Crippen molar-refractivity contribution in [3.8, 4) is 0 Å². The molecular formula is C16H16N2O5S. The summed E-state index contributed by atoms with van der Waals surface area (Å²) in [6.07, 6.45) is 0.0772. The Labute approximate surface area is 141 Å². The Morgan fingerprint density at radius 1 is 1.12 bits per heavy atom. The normalized spacial score (nSPS) is 13.2. The molecular weight excluding hydrogens is 332 g/mol. The fraction of sp³-hybridized carbons (Fsp3) is 0.188. The van der Waals surface area contributed by atoms with Gasteiger partial charge in [-0.05, 0) is 5.56 Å². The highest BCUT2D eigenvalue weighted by atomic mass is 32.2. The summed E-state index contributed by atoms with van der Waals surface area (Å²) in [5, 5.41) is 19.9. The number of hydrogen-bond acceptors (Lipinski definition) is 5. The van der Waals surface area contributed by atoms with Crippen LogP contribution in [0.5, 0.6) is 0 Å². The van der Waals surface area contributed by atoms with Crippen LogP contribution in [0.3, 0.4) is 0 Å². The summed E-state index contributed by atoms with van der Waals surface area (Å²) >= 11 is -1.55. The van der Waals surface area contributed by atoms with Crippen molar-refractivity contribution in [2.45, 2.75) is 18.2 Å². The van der Waals surface area contributed by atoms with Crippen LogP contribution in [-0.4, -0.2) is 26.6 Å². The lowest BCUT2D eigenvalue weighted by atomic mass is 10.1. The molecule has 7 nitrogen and oxygen atoms in total. The molecule has 24 heavy (non-hydrogen) atoms. The van der Waals surface area contributed by atoms with E-state index in [4.69, 9.17) is 0 Å². The number of nitro benzene ring substituents is 1. The number of rotatable bonds is 8. The highest BCUT2D eigenvalue weighted by molar-refractivity contribution is 7.88. The summed E-state index contributed by atoms with van der Waals surface area (Å²) in [4.78, 5) is 21.5. The van der Waals surface area contributed by atoms with Crippen LogP contribution in [0.2, 0.25) is 0 Å². The van der Waals surface area contributed by atoms with Gasteiger partial charge in [-0.15, -0.1) is 4.72 Å². The molecule has 0 aliphatic heterocycles. The number of benzene rings is 2. The SMILES string of the molecule is O=C(O)[C@@H](Cc1ccc([N+](=O)[O-])cc1)N[S+]([O-])Cc1ccccc1. The van der Waals surface area contributed by atoms with Crippen molar-refractivity contribution in [3.63, 3.8) is 0 Å². The molecule has 0 aromatic heterocycles. The van der Waals surface area contributed by atoms with E-state index < -0.39 is 28.3 Å². The number of nitrogens with one attached hydrogen (secondary N) is 1. The minimum atomic E-state index is -1.55. The molecule has 2 N–H and O–H groups in total. The van der Waals surface area contributed by atoms with E-state index in [-0.39, 0.29) is 17.9 Å². The van der Waals surface area contributed by atoms with Crippen molar-refractivity contribution >= 4 is 23.0 Å². The molecule has 0 amide bonds. The quantitative estimate of drug-likeness (QED) is 0.428. The standard InChI is InChI=1S/C16H16N2O5S/c19-16(20)15(10-12-6-8-14(9-7-12)18(21)22)17-24(23)11-13-4-2-1-3-5-13/h1-9,15,17H,10-11H2,(H,19,20)/t15-,24?/m1/s1. The van der Waals surface area contributed by atoms with E-state index in [0.717, 1.165) is 5.56 Å². The molecule has 0 aliphatic rings. The van der Waals surface area contributed by atoms with Crippen molar-refractivity contribution in [1.82, 2.24) is 4.72 Å². The third-order valence-corrected chi connectivity index (χ3v) is 4.44. The fourth-order valence-corrected chi connectivity index (χ4v) is 3.17. The Hall–Kier alpha value is -2.42. The Morgan fingerprint density at radius 3 is 2.29 bits per heavy atom. The summed E-state index contributed by atoms with van der Waals surface area (Å²) < 4.78 is 14.7. The second-order valence-corrected chi connectivity index (χ2v) is 6.33. The molecule has 1 unspecified atom stereocenters. The summed E-state index contributed by atoms with van der Waals surface area (Å²) in [5.74, 6) is -0.931. The van der Waals surface area contributed by atoms with Crippen LogP contribution in [0.1, 0.15) is 11.1 Å². The molecule has 0 saturated carbocycles. The number of hydrogen-bond donors (Lipinski definition) is 2. The topological polar surface area (TPSA) is 116 Å². The van der Waals surface area contributed by atoms with Crippen molar-refractivity contribution in [2.24, 2.45) is 0 Å². The van der Waals surface area contributed by atoms with E-state index in [2.05, 4.69) is 4.72 Å². The second-order valence-electron chi connectivity index (χ2n) is 5.11. The van der Waals surface area contributed by atoms with Crippen LogP contribution in [-0.2, 0) is 28.3 Å². The average Bonchev–Trinajstić information content (AvgIpc) is 2.55. The van der Waals surface area contributed by atoms with Crippen LogP contribution in [0.15, 0.2) is 54.6 Å². The summed E-state index contributed by atoms with van der Waals surface area (Å²) in [7, 11) is 0. The molecule has 0 fully saturated rings. The second kappa shape index (κ2) is 8.44.